The van der Waals surface area contributed by atoms with Crippen LogP contribution in [0.4, 0.5) is 0 Å². The third-order valence-electron chi connectivity index (χ3n) is 1.33. The Kier molecular flexibility index (Phi) is 3.49. The van der Waals surface area contributed by atoms with Gasteiger partial charge in [-0.3, -0.25) is 0 Å². The molecule has 1 heterocycles. The van der Waals surface area contributed by atoms with Crippen molar-refractivity contribution in [1.29, 1.82) is 0 Å². The maximum Gasteiger partial charge on any atom is 0.123 e. The number of nitrogens with zero attached hydrogens (tertiary/aromatic N) is 2. The zero-order valence-electron chi connectivity index (χ0n) is 7.32. The van der Waals surface area contributed by atoms with Crippen LogP contribution in [0.5, 0.6) is 0 Å². The molecule has 0 aliphatic carbocycles. The summed E-state index contributed by atoms with van der Waals surface area (Å²) >= 11 is 1.70. The van der Waals surface area contributed by atoms with Crippen LogP contribution < -0.4 is 5.73 Å². The van der Waals surface area contributed by atoms with Gasteiger partial charge in [-0.15, -0.1) is 16.9 Å². The largest absolute Gasteiger partial charge is 0.326 e. The van der Waals surface area contributed by atoms with Gasteiger partial charge < -0.3 is 5.73 Å². The van der Waals surface area contributed by atoms with Crippen molar-refractivity contribution in [1.82, 2.24) is 10.2 Å². The molecular formula is C8H13N3S. The molecule has 0 aliphatic rings. The average Bonchev–Trinajstić information content (AvgIpc) is 2.04. The Hall–Kier alpha value is -0.610. The summed E-state index contributed by atoms with van der Waals surface area (Å²) in [5.74, 6) is 0. The fourth-order valence-electron chi connectivity index (χ4n) is 0.822. The van der Waals surface area contributed by atoms with E-state index in [1.165, 1.54) is 0 Å². The topological polar surface area (TPSA) is 51.8 Å². The lowest BCUT2D eigenvalue weighted by Gasteiger charge is -2.06. The molecule has 0 aliphatic heterocycles. The Morgan fingerprint density at radius 3 is 2.92 bits per heavy atom. The van der Waals surface area contributed by atoms with E-state index < -0.39 is 0 Å². The van der Waals surface area contributed by atoms with Crippen LogP contribution >= 0.6 is 11.8 Å². The van der Waals surface area contributed by atoms with E-state index in [1.54, 1.807) is 18.0 Å². The molecule has 0 amide bonds. The van der Waals surface area contributed by atoms with Crippen molar-refractivity contribution in [3.8, 4) is 0 Å². The summed E-state index contributed by atoms with van der Waals surface area (Å²) < 4.78 is 0. The predicted octanol–water partition coefficient (Wildman–Crippen LogP) is 1.44. The van der Waals surface area contributed by atoms with Crippen molar-refractivity contribution in [2.75, 3.05) is 0 Å². The van der Waals surface area contributed by atoms with Crippen LogP contribution in [0.2, 0.25) is 0 Å². The lowest BCUT2D eigenvalue weighted by Crippen LogP contribution is -2.02. The van der Waals surface area contributed by atoms with Crippen LogP contribution in [0.25, 0.3) is 0 Å². The second kappa shape index (κ2) is 4.42. The first-order valence-electron chi connectivity index (χ1n) is 3.91. The SMILES string of the molecule is CC(C)Sc1nnccc1CN. The first kappa shape index (κ1) is 9.48. The highest BCUT2D eigenvalue weighted by Gasteiger charge is 2.04. The Labute approximate surface area is 76.8 Å². The van der Waals surface area contributed by atoms with Gasteiger partial charge in [-0.2, -0.15) is 5.10 Å². The van der Waals surface area contributed by atoms with E-state index in [9.17, 15) is 0 Å². The highest BCUT2D eigenvalue weighted by molar-refractivity contribution is 7.99. The molecule has 1 aromatic rings. The van der Waals surface area contributed by atoms with E-state index in [0.29, 0.717) is 11.8 Å². The molecule has 12 heavy (non-hydrogen) atoms. The summed E-state index contributed by atoms with van der Waals surface area (Å²) in [4.78, 5) is 0. The fraction of sp³-hybridized carbons (Fsp3) is 0.500. The van der Waals surface area contributed by atoms with Crippen molar-refractivity contribution in [2.24, 2.45) is 5.73 Å². The lowest BCUT2D eigenvalue weighted by molar-refractivity contribution is 0.862. The molecule has 2 N–H and O–H groups in total. The van der Waals surface area contributed by atoms with Crippen LogP contribution in [0, 0.1) is 0 Å². The van der Waals surface area contributed by atoms with Gasteiger partial charge in [-0.05, 0) is 6.07 Å². The second-order valence-electron chi connectivity index (χ2n) is 2.73. The first-order chi connectivity index (χ1) is 5.74. The molecule has 3 nitrogen and oxygen atoms in total. The van der Waals surface area contributed by atoms with Crippen molar-refractivity contribution in [2.45, 2.75) is 30.7 Å². The molecule has 1 aromatic heterocycles. The van der Waals surface area contributed by atoms with E-state index in [-0.39, 0.29) is 0 Å². The number of hydrogen-bond acceptors (Lipinski definition) is 4. The third-order valence-corrected chi connectivity index (χ3v) is 2.37. The minimum atomic E-state index is 0.520. The molecular weight excluding hydrogens is 170 g/mol. The van der Waals surface area contributed by atoms with Gasteiger partial charge in [-0.25, -0.2) is 0 Å². The number of thioether (sulfide) groups is 1. The number of hydrogen-bond donors (Lipinski definition) is 1. The zero-order valence-corrected chi connectivity index (χ0v) is 8.14. The number of rotatable bonds is 3. The van der Waals surface area contributed by atoms with Gasteiger partial charge in [0, 0.05) is 23.6 Å². The highest BCUT2D eigenvalue weighted by Crippen LogP contribution is 2.22. The van der Waals surface area contributed by atoms with Crippen molar-refractivity contribution < 1.29 is 0 Å². The van der Waals surface area contributed by atoms with Crippen LogP contribution in [0.15, 0.2) is 17.3 Å². The predicted molar refractivity (Wildman–Crippen MR) is 50.9 cm³/mol. The van der Waals surface area contributed by atoms with Gasteiger partial charge in [0.2, 0.25) is 0 Å². The Balaban J connectivity index is 2.82. The Morgan fingerprint density at radius 1 is 1.58 bits per heavy atom. The Bertz CT molecular complexity index is 250. The van der Waals surface area contributed by atoms with E-state index in [2.05, 4.69) is 24.0 Å². The van der Waals surface area contributed by atoms with Gasteiger partial charge in [0.1, 0.15) is 5.03 Å². The minimum Gasteiger partial charge on any atom is -0.326 e. The number of aromatic nitrogens is 2. The van der Waals surface area contributed by atoms with E-state index >= 15 is 0 Å². The fourth-order valence-corrected chi connectivity index (χ4v) is 1.67. The number of nitrogens with two attached hydrogens (primary N) is 1. The Morgan fingerprint density at radius 2 is 2.33 bits per heavy atom. The van der Waals surface area contributed by atoms with Gasteiger partial charge >= 0.3 is 0 Å². The summed E-state index contributed by atoms with van der Waals surface area (Å²) in [6, 6.07) is 1.91. The van der Waals surface area contributed by atoms with E-state index in [1.807, 2.05) is 6.07 Å². The van der Waals surface area contributed by atoms with Gasteiger partial charge in [-0.1, -0.05) is 13.8 Å². The normalized spacial score (nSPS) is 10.7. The summed E-state index contributed by atoms with van der Waals surface area (Å²) in [7, 11) is 0. The van der Waals surface area contributed by atoms with Gasteiger partial charge in [0.05, 0.1) is 0 Å². The summed E-state index contributed by atoms with van der Waals surface area (Å²) in [5.41, 5.74) is 6.62. The molecule has 0 saturated carbocycles. The molecule has 0 fully saturated rings. The van der Waals surface area contributed by atoms with Crippen LogP contribution in [-0.4, -0.2) is 15.4 Å². The molecule has 1 rings (SSSR count). The summed E-state index contributed by atoms with van der Waals surface area (Å²) in [6.07, 6.45) is 1.67. The van der Waals surface area contributed by atoms with Crippen molar-refractivity contribution in [3.05, 3.63) is 17.8 Å². The van der Waals surface area contributed by atoms with Crippen molar-refractivity contribution in [3.63, 3.8) is 0 Å². The third kappa shape index (κ3) is 2.46. The average molecular weight is 183 g/mol. The van der Waals surface area contributed by atoms with Crippen LogP contribution in [0.1, 0.15) is 19.4 Å². The monoisotopic (exact) mass is 183 g/mol. The molecule has 0 bridgehead atoms. The van der Waals surface area contributed by atoms with E-state index in [4.69, 9.17) is 5.73 Å². The zero-order chi connectivity index (χ0) is 8.97. The van der Waals surface area contributed by atoms with Crippen molar-refractivity contribution >= 4 is 11.8 Å². The first-order valence-corrected chi connectivity index (χ1v) is 4.79. The van der Waals surface area contributed by atoms with E-state index in [0.717, 1.165) is 10.6 Å². The van der Waals surface area contributed by atoms with Gasteiger partial charge in [0.15, 0.2) is 0 Å². The molecule has 0 unspecified atom stereocenters. The lowest BCUT2D eigenvalue weighted by atomic mass is 10.3. The molecule has 0 radical (unpaired) electrons. The molecule has 4 heteroatoms. The molecule has 0 saturated heterocycles. The quantitative estimate of drug-likeness (QED) is 0.720. The smallest absolute Gasteiger partial charge is 0.123 e. The minimum absolute atomic E-state index is 0.520. The molecule has 0 aromatic carbocycles. The maximum atomic E-state index is 5.55. The standard InChI is InChI=1S/C8H13N3S/c1-6(2)12-8-7(5-9)3-4-10-11-8/h3-4,6H,5,9H2,1-2H3. The highest BCUT2D eigenvalue weighted by atomic mass is 32.2. The maximum absolute atomic E-state index is 5.55. The summed E-state index contributed by atoms with van der Waals surface area (Å²) in [6.45, 7) is 4.78. The summed E-state index contributed by atoms with van der Waals surface area (Å²) in [5, 5.41) is 9.32. The second-order valence-corrected chi connectivity index (χ2v) is 4.30. The van der Waals surface area contributed by atoms with Crippen LogP contribution in [0.3, 0.4) is 0 Å². The van der Waals surface area contributed by atoms with Gasteiger partial charge in [0.25, 0.3) is 0 Å². The van der Waals surface area contributed by atoms with Crippen LogP contribution in [-0.2, 0) is 6.54 Å². The molecule has 0 atom stereocenters. The molecule has 0 spiro atoms. The molecule has 66 valence electrons.